The third-order valence-electron chi connectivity index (χ3n) is 9.67. The highest BCUT2D eigenvalue weighted by Crippen LogP contribution is 2.13. The normalized spacial score (nSPS) is 13.0. The Morgan fingerprint density at radius 2 is 0.768 bits per heavy atom. The number of aliphatic hydroxyl groups is 1. The van der Waals surface area contributed by atoms with Crippen molar-refractivity contribution in [2.75, 3.05) is 13.2 Å². The zero-order valence-electron chi connectivity index (χ0n) is 36.4. The van der Waals surface area contributed by atoms with Crippen LogP contribution >= 0.6 is 0 Å². The van der Waals surface area contributed by atoms with E-state index in [0.29, 0.717) is 12.8 Å². The number of hydrogen-bond donors (Lipinski definition) is 1. The number of esters is 2. The Balaban J connectivity index is 3.61. The minimum atomic E-state index is -0.786. The van der Waals surface area contributed by atoms with Crippen LogP contribution in [0.1, 0.15) is 206 Å². The van der Waals surface area contributed by atoms with Gasteiger partial charge in [0.2, 0.25) is 0 Å². The van der Waals surface area contributed by atoms with Crippen LogP contribution in [0.5, 0.6) is 0 Å². The summed E-state index contributed by atoms with van der Waals surface area (Å²) >= 11 is 0. The largest absolute Gasteiger partial charge is 0.462 e. The second-order valence-corrected chi connectivity index (χ2v) is 15.1. The van der Waals surface area contributed by atoms with Gasteiger partial charge in [-0.1, -0.05) is 189 Å². The van der Waals surface area contributed by atoms with Gasteiger partial charge in [0, 0.05) is 12.8 Å². The summed E-state index contributed by atoms with van der Waals surface area (Å²) in [5, 5.41) is 9.60. The average molecular weight is 779 g/mol. The number of carbonyl (C=O) groups is 2. The minimum absolute atomic E-state index is 0.0781. The molecule has 0 heterocycles. The maximum Gasteiger partial charge on any atom is 0.306 e. The molecule has 0 saturated carbocycles. The predicted molar refractivity (Wildman–Crippen MR) is 242 cm³/mol. The molecule has 0 radical (unpaired) electrons. The number of ether oxygens (including phenoxy) is 2. The molecular formula is C51H86O5. The van der Waals surface area contributed by atoms with Crippen LogP contribution in [0.15, 0.2) is 85.1 Å². The van der Waals surface area contributed by atoms with Crippen molar-refractivity contribution in [3.8, 4) is 0 Å². The van der Waals surface area contributed by atoms with E-state index in [0.717, 1.165) is 83.5 Å². The summed E-state index contributed by atoms with van der Waals surface area (Å²) in [6.45, 7) is 4.00. The molecule has 5 nitrogen and oxygen atoms in total. The summed E-state index contributed by atoms with van der Waals surface area (Å²) in [4.78, 5) is 24.4. The molecule has 0 amide bonds. The number of aliphatic hydroxyl groups excluding tert-OH is 1. The number of allylic oxidation sites excluding steroid dienone is 14. The highest BCUT2D eigenvalue weighted by molar-refractivity contribution is 5.70. The average Bonchev–Trinajstić information content (AvgIpc) is 3.20. The van der Waals surface area contributed by atoms with Gasteiger partial charge in [-0.2, -0.15) is 0 Å². The van der Waals surface area contributed by atoms with Gasteiger partial charge in [-0.15, -0.1) is 0 Å². The lowest BCUT2D eigenvalue weighted by Gasteiger charge is -2.15. The number of rotatable bonds is 41. The van der Waals surface area contributed by atoms with Crippen molar-refractivity contribution >= 4 is 11.9 Å². The quantitative estimate of drug-likeness (QED) is 0.0380. The molecular weight excluding hydrogens is 693 g/mol. The molecule has 0 aromatic heterocycles. The van der Waals surface area contributed by atoms with Crippen molar-refractivity contribution in [1.82, 2.24) is 0 Å². The van der Waals surface area contributed by atoms with Gasteiger partial charge in [0.25, 0.3) is 0 Å². The van der Waals surface area contributed by atoms with E-state index >= 15 is 0 Å². The number of unbranched alkanes of at least 4 members (excludes halogenated alkanes) is 19. The highest BCUT2D eigenvalue weighted by Gasteiger charge is 2.16. The Bertz CT molecular complexity index is 1060. The first-order valence-corrected chi connectivity index (χ1v) is 23.1. The molecule has 0 fully saturated rings. The molecule has 0 aliphatic rings. The Morgan fingerprint density at radius 3 is 1.18 bits per heavy atom. The zero-order chi connectivity index (χ0) is 40.7. The second-order valence-electron chi connectivity index (χ2n) is 15.1. The molecule has 56 heavy (non-hydrogen) atoms. The molecule has 0 aromatic rings. The second kappa shape index (κ2) is 46.5. The van der Waals surface area contributed by atoms with Crippen LogP contribution in [0.2, 0.25) is 0 Å². The summed E-state index contributed by atoms with van der Waals surface area (Å²) in [6.07, 6.45) is 63.7. The molecule has 5 heteroatoms. The fourth-order valence-electron chi connectivity index (χ4n) is 6.20. The first-order chi connectivity index (χ1) is 27.6. The standard InChI is InChI=1S/C51H86O5/c1-3-5-7-9-11-13-15-17-19-21-22-23-24-25-26-27-28-30-32-34-36-38-40-42-44-46-51(54)56-49(47-52)48-55-50(53)45-43-41-39-37-35-33-31-29-20-18-16-14-12-10-8-6-4-2/h5,7,11,13,17-20,22-23,25-26,28,30,49,52H,3-4,6,8-10,12,14-16,21,24,27,29,31-48H2,1-2H3/b7-5-,13-11-,19-17-,20-18-,23-22-,26-25-,30-28-. The van der Waals surface area contributed by atoms with E-state index in [1.165, 1.54) is 96.3 Å². The fraction of sp³-hybridized carbons (Fsp3) is 0.686. The van der Waals surface area contributed by atoms with E-state index in [4.69, 9.17) is 9.47 Å². The predicted octanol–water partition coefficient (Wildman–Crippen LogP) is 15.1. The highest BCUT2D eigenvalue weighted by atomic mass is 16.6. The maximum atomic E-state index is 12.2. The maximum absolute atomic E-state index is 12.2. The van der Waals surface area contributed by atoms with Crippen LogP contribution in [0.4, 0.5) is 0 Å². The van der Waals surface area contributed by atoms with E-state index in [1.807, 2.05) is 0 Å². The van der Waals surface area contributed by atoms with Crippen molar-refractivity contribution in [3.63, 3.8) is 0 Å². The third-order valence-corrected chi connectivity index (χ3v) is 9.67. The van der Waals surface area contributed by atoms with Crippen LogP contribution in [0.25, 0.3) is 0 Å². The summed E-state index contributed by atoms with van der Waals surface area (Å²) in [7, 11) is 0. The minimum Gasteiger partial charge on any atom is -0.462 e. The Morgan fingerprint density at radius 1 is 0.429 bits per heavy atom. The van der Waals surface area contributed by atoms with Gasteiger partial charge in [-0.05, 0) is 89.9 Å². The van der Waals surface area contributed by atoms with Crippen molar-refractivity contribution in [2.45, 2.75) is 213 Å². The summed E-state index contributed by atoms with van der Waals surface area (Å²) in [6, 6.07) is 0. The molecule has 0 aliphatic carbocycles. The molecule has 1 unspecified atom stereocenters. The number of carbonyl (C=O) groups excluding carboxylic acids is 2. The topological polar surface area (TPSA) is 72.8 Å². The van der Waals surface area contributed by atoms with Gasteiger partial charge >= 0.3 is 11.9 Å². The van der Waals surface area contributed by atoms with Crippen molar-refractivity contribution in [2.24, 2.45) is 0 Å². The Labute approximate surface area is 346 Å². The van der Waals surface area contributed by atoms with Crippen LogP contribution in [-0.2, 0) is 19.1 Å². The van der Waals surface area contributed by atoms with Gasteiger partial charge in [0.1, 0.15) is 6.61 Å². The van der Waals surface area contributed by atoms with E-state index in [2.05, 4.69) is 98.9 Å². The zero-order valence-corrected chi connectivity index (χ0v) is 36.4. The van der Waals surface area contributed by atoms with Gasteiger partial charge < -0.3 is 14.6 Å². The van der Waals surface area contributed by atoms with Crippen molar-refractivity contribution in [1.29, 1.82) is 0 Å². The van der Waals surface area contributed by atoms with E-state index in [-0.39, 0.29) is 25.2 Å². The Kier molecular flexibility index (Phi) is 44.0. The molecule has 0 rings (SSSR count). The first-order valence-electron chi connectivity index (χ1n) is 23.1. The van der Waals surface area contributed by atoms with Gasteiger partial charge in [-0.3, -0.25) is 9.59 Å². The summed E-state index contributed by atoms with van der Waals surface area (Å²) < 4.78 is 10.6. The summed E-state index contributed by atoms with van der Waals surface area (Å²) in [5.74, 6) is -0.616. The monoisotopic (exact) mass is 779 g/mol. The lowest BCUT2D eigenvalue weighted by molar-refractivity contribution is -0.161. The van der Waals surface area contributed by atoms with Crippen molar-refractivity contribution < 1.29 is 24.2 Å². The van der Waals surface area contributed by atoms with Crippen molar-refractivity contribution in [3.05, 3.63) is 85.1 Å². The van der Waals surface area contributed by atoms with E-state index in [1.54, 1.807) is 0 Å². The van der Waals surface area contributed by atoms with Gasteiger partial charge in [-0.25, -0.2) is 0 Å². The SMILES string of the molecule is CC/C=C\C/C=C\C/C=C\C/C=C\C/C=C\C/C=C\CCCCCCCCC(=O)OC(CO)COC(=O)CCCCCCCCC/C=C\CCCCCCCC. The molecule has 0 aromatic carbocycles. The van der Waals surface area contributed by atoms with Crippen LogP contribution in [0, 0.1) is 0 Å². The van der Waals surface area contributed by atoms with Crippen LogP contribution in [-0.4, -0.2) is 36.4 Å². The van der Waals surface area contributed by atoms with Gasteiger partial charge in [0.05, 0.1) is 6.61 Å². The lowest BCUT2D eigenvalue weighted by Crippen LogP contribution is -2.28. The molecule has 1 atom stereocenters. The molecule has 0 saturated heterocycles. The molecule has 320 valence electrons. The molecule has 0 aliphatic heterocycles. The lowest BCUT2D eigenvalue weighted by atomic mass is 10.1. The molecule has 0 spiro atoms. The van der Waals surface area contributed by atoms with E-state index in [9.17, 15) is 14.7 Å². The fourth-order valence-corrected chi connectivity index (χ4v) is 6.20. The van der Waals surface area contributed by atoms with E-state index < -0.39 is 6.10 Å². The summed E-state index contributed by atoms with van der Waals surface area (Å²) in [5.41, 5.74) is 0. The first kappa shape index (κ1) is 53.1. The molecule has 1 N–H and O–H groups in total. The smallest absolute Gasteiger partial charge is 0.306 e. The van der Waals surface area contributed by atoms with Crippen LogP contribution < -0.4 is 0 Å². The third kappa shape index (κ3) is 43.8. The van der Waals surface area contributed by atoms with Gasteiger partial charge in [0.15, 0.2) is 6.10 Å². The molecule has 0 bridgehead atoms. The number of hydrogen-bond acceptors (Lipinski definition) is 5. The Hall–Kier alpha value is -2.92. The van der Waals surface area contributed by atoms with Crippen LogP contribution in [0.3, 0.4) is 0 Å².